The van der Waals surface area contributed by atoms with Crippen molar-refractivity contribution in [2.45, 2.75) is 0 Å². The Bertz CT molecular complexity index is 550. The summed E-state index contributed by atoms with van der Waals surface area (Å²) in [5.41, 5.74) is -0.147. The summed E-state index contributed by atoms with van der Waals surface area (Å²) in [6, 6.07) is 7.18. The van der Waals surface area contributed by atoms with Crippen LogP contribution in [-0.4, -0.2) is 14.7 Å². The zero-order valence-corrected chi connectivity index (χ0v) is 11.0. The smallest absolute Gasteiger partial charge is 0.350 e. The second kappa shape index (κ2) is 4.70. The largest absolute Gasteiger partial charge is 0.433 e. The van der Waals surface area contributed by atoms with Crippen LogP contribution in [0.15, 0.2) is 30.5 Å². The van der Waals surface area contributed by atoms with Gasteiger partial charge in [0.15, 0.2) is 0 Å². The van der Waals surface area contributed by atoms with Crippen molar-refractivity contribution in [1.82, 2.24) is 9.78 Å². The maximum absolute atomic E-state index is 10.8. The molecule has 0 saturated heterocycles. The molecule has 0 saturated carbocycles. The van der Waals surface area contributed by atoms with E-state index in [-0.39, 0.29) is 11.6 Å². The van der Waals surface area contributed by atoms with Gasteiger partial charge in [-0.25, -0.2) is 0 Å². The molecule has 0 aliphatic heterocycles. The lowest BCUT2D eigenvalue weighted by Gasteiger charge is -2.01. The Hall–Kier alpha value is -1.64. The number of benzene rings is 1. The number of rotatable bonds is 3. The fourth-order valence-corrected chi connectivity index (χ4v) is 1.63. The highest BCUT2D eigenvalue weighted by Gasteiger charge is 2.20. The average molecular weight is 345 g/mol. The van der Waals surface area contributed by atoms with Gasteiger partial charge in [-0.15, -0.1) is 5.10 Å². The number of halogens is 1. The lowest BCUT2D eigenvalue weighted by atomic mass is 10.3. The third-order valence-corrected chi connectivity index (χ3v) is 2.72. The third kappa shape index (κ3) is 2.73. The van der Waals surface area contributed by atoms with Gasteiger partial charge >= 0.3 is 11.6 Å². The molecule has 0 spiro atoms. The van der Waals surface area contributed by atoms with Gasteiger partial charge < -0.3 is 4.74 Å². The summed E-state index contributed by atoms with van der Waals surface area (Å²) in [4.78, 5) is 10.2. The molecule has 1 aromatic heterocycles. The first kappa shape index (κ1) is 11.8. The summed E-state index contributed by atoms with van der Waals surface area (Å²) < 4.78 is 7.78. The van der Waals surface area contributed by atoms with Gasteiger partial charge in [-0.1, -0.05) is 0 Å². The van der Waals surface area contributed by atoms with Gasteiger partial charge in [0.1, 0.15) is 11.9 Å². The van der Waals surface area contributed by atoms with Crippen molar-refractivity contribution < 1.29 is 9.66 Å². The third-order valence-electron chi connectivity index (χ3n) is 2.00. The molecule has 0 bridgehead atoms. The first-order valence-electron chi connectivity index (χ1n) is 4.68. The molecule has 0 N–H and O–H groups in total. The Kier molecular flexibility index (Phi) is 3.27. The molecule has 0 unspecified atom stereocenters. The van der Waals surface area contributed by atoms with Gasteiger partial charge in [-0.3, -0.25) is 14.8 Å². The lowest BCUT2D eigenvalue weighted by Crippen LogP contribution is -1.91. The van der Waals surface area contributed by atoms with Gasteiger partial charge in [0, 0.05) is 10.6 Å². The van der Waals surface area contributed by atoms with E-state index in [9.17, 15) is 10.1 Å². The summed E-state index contributed by atoms with van der Waals surface area (Å²) in [5, 5.41) is 14.7. The molecular formula is C10H8IN3O3. The van der Waals surface area contributed by atoms with Crippen molar-refractivity contribution in [1.29, 1.82) is 0 Å². The van der Waals surface area contributed by atoms with E-state index in [2.05, 4.69) is 27.7 Å². The van der Waals surface area contributed by atoms with Crippen molar-refractivity contribution >= 4 is 28.3 Å². The first-order chi connectivity index (χ1) is 8.06. The second-order valence-corrected chi connectivity index (χ2v) is 4.55. The summed E-state index contributed by atoms with van der Waals surface area (Å²) in [5.74, 6) is 0.519. The van der Waals surface area contributed by atoms with E-state index in [4.69, 9.17) is 4.74 Å². The van der Waals surface area contributed by atoms with Gasteiger partial charge in [0.05, 0.1) is 4.92 Å². The van der Waals surface area contributed by atoms with Crippen LogP contribution in [0, 0.1) is 13.7 Å². The zero-order valence-electron chi connectivity index (χ0n) is 8.83. The Morgan fingerprint density at radius 3 is 2.65 bits per heavy atom. The number of ether oxygens (including phenoxy) is 1. The summed E-state index contributed by atoms with van der Waals surface area (Å²) in [6.07, 6.45) is 1.31. The molecule has 1 aromatic carbocycles. The molecule has 0 radical (unpaired) electrons. The number of aromatic nitrogens is 2. The topological polar surface area (TPSA) is 70.2 Å². The van der Waals surface area contributed by atoms with E-state index in [1.807, 2.05) is 12.1 Å². The van der Waals surface area contributed by atoms with Crippen LogP contribution in [0.5, 0.6) is 11.6 Å². The minimum absolute atomic E-state index is 0.00120. The van der Waals surface area contributed by atoms with E-state index < -0.39 is 4.92 Å². The van der Waals surface area contributed by atoms with Gasteiger partial charge in [0.25, 0.3) is 0 Å². The van der Waals surface area contributed by atoms with E-state index in [1.54, 1.807) is 19.2 Å². The Morgan fingerprint density at radius 1 is 1.41 bits per heavy atom. The van der Waals surface area contributed by atoms with Crippen LogP contribution in [0.1, 0.15) is 0 Å². The van der Waals surface area contributed by atoms with Crippen LogP contribution in [0.3, 0.4) is 0 Å². The minimum Gasteiger partial charge on any atom is -0.433 e. The SMILES string of the molecule is Cn1cc([N+](=O)[O-])c(Oc2ccc(I)cc2)n1. The number of nitrogens with zero attached hydrogens (tertiary/aromatic N) is 3. The van der Waals surface area contributed by atoms with Crippen LogP contribution in [-0.2, 0) is 7.05 Å². The monoisotopic (exact) mass is 345 g/mol. The molecule has 0 aliphatic rings. The maximum Gasteiger partial charge on any atom is 0.350 e. The van der Waals surface area contributed by atoms with E-state index in [0.717, 1.165) is 3.57 Å². The highest BCUT2D eigenvalue weighted by atomic mass is 127. The zero-order chi connectivity index (χ0) is 12.4. The molecule has 2 aromatic rings. The molecule has 0 amide bonds. The van der Waals surface area contributed by atoms with Crippen LogP contribution in [0.4, 0.5) is 5.69 Å². The van der Waals surface area contributed by atoms with Crippen LogP contribution < -0.4 is 4.74 Å². The highest BCUT2D eigenvalue weighted by molar-refractivity contribution is 14.1. The highest BCUT2D eigenvalue weighted by Crippen LogP contribution is 2.29. The fourth-order valence-electron chi connectivity index (χ4n) is 1.27. The van der Waals surface area contributed by atoms with Crippen molar-refractivity contribution in [2.24, 2.45) is 7.05 Å². The lowest BCUT2D eigenvalue weighted by molar-refractivity contribution is -0.385. The van der Waals surface area contributed by atoms with E-state index >= 15 is 0 Å². The normalized spacial score (nSPS) is 10.2. The number of hydrogen-bond donors (Lipinski definition) is 0. The quantitative estimate of drug-likeness (QED) is 0.487. The predicted octanol–water partition coefficient (Wildman–Crippen LogP) is 2.73. The molecular weight excluding hydrogens is 337 g/mol. The Labute approximate surface area is 110 Å². The minimum atomic E-state index is -0.519. The maximum atomic E-state index is 10.8. The summed E-state index contributed by atoms with van der Waals surface area (Å²) in [6.45, 7) is 0. The van der Waals surface area contributed by atoms with Crippen LogP contribution in [0.2, 0.25) is 0 Å². The van der Waals surface area contributed by atoms with E-state index in [0.29, 0.717) is 5.75 Å². The van der Waals surface area contributed by atoms with Crippen molar-refractivity contribution in [2.75, 3.05) is 0 Å². The van der Waals surface area contributed by atoms with Crippen molar-refractivity contribution in [3.05, 3.63) is 44.1 Å². The average Bonchev–Trinajstić information content (AvgIpc) is 2.63. The second-order valence-electron chi connectivity index (χ2n) is 3.31. The standard InChI is InChI=1S/C10H8IN3O3/c1-13-6-9(14(15)16)10(12-13)17-8-4-2-7(11)3-5-8/h2-6H,1H3. The molecule has 0 atom stereocenters. The van der Waals surface area contributed by atoms with E-state index in [1.165, 1.54) is 10.9 Å². The molecule has 2 rings (SSSR count). The number of nitro groups is 1. The molecule has 0 aliphatic carbocycles. The van der Waals surface area contributed by atoms with Gasteiger partial charge in [-0.2, -0.15) is 0 Å². The molecule has 0 fully saturated rings. The Morgan fingerprint density at radius 2 is 2.06 bits per heavy atom. The number of hydrogen-bond acceptors (Lipinski definition) is 4. The first-order valence-corrected chi connectivity index (χ1v) is 5.75. The molecule has 17 heavy (non-hydrogen) atoms. The summed E-state index contributed by atoms with van der Waals surface area (Å²) >= 11 is 2.17. The molecule has 7 heteroatoms. The predicted molar refractivity (Wildman–Crippen MR) is 69.1 cm³/mol. The Balaban J connectivity index is 2.29. The molecule has 88 valence electrons. The van der Waals surface area contributed by atoms with Gasteiger partial charge in [0.2, 0.25) is 0 Å². The molecule has 1 heterocycles. The molecule has 6 nitrogen and oxygen atoms in total. The number of aryl methyl sites for hydroxylation is 1. The summed E-state index contributed by atoms with van der Waals surface area (Å²) in [7, 11) is 1.60. The van der Waals surface area contributed by atoms with Gasteiger partial charge in [-0.05, 0) is 46.9 Å². The van der Waals surface area contributed by atoms with Crippen LogP contribution in [0.25, 0.3) is 0 Å². The van der Waals surface area contributed by atoms with Crippen molar-refractivity contribution in [3.63, 3.8) is 0 Å². The van der Waals surface area contributed by atoms with Crippen molar-refractivity contribution in [3.8, 4) is 11.6 Å². The van der Waals surface area contributed by atoms with Crippen LogP contribution >= 0.6 is 22.6 Å². The fraction of sp³-hybridized carbons (Fsp3) is 0.100.